The van der Waals surface area contributed by atoms with Gasteiger partial charge < -0.3 is 5.11 Å². The Bertz CT molecular complexity index is 512. The Labute approximate surface area is 91.9 Å². The second-order valence-electron chi connectivity index (χ2n) is 3.17. The molecule has 0 aliphatic rings. The number of aromatic hydroxyl groups is 1. The Balaban J connectivity index is 2.24. The van der Waals surface area contributed by atoms with Crippen LogP contribution in [0.4, 0.5) is 15.8 Å². The number of azo groups is 1. The molecule has 0 saturated heterocycles. The largest absolute Gasteiger partial charge is 0.508 e. The Hall–Kier alpha value is -2.23. The summed E-state index contributed by atoms with van der Waals surface area (Å²) in [6.07, 6.45) is 0. The van der Waals surface area contributed by atoms with Crippen LogP contribution >= 0.6 is 0 Å². The lowest BCUT2D eigenvalue weighted by Crippen LogP contribution is -1.74. The van der Waals surface area contributed by atoms with Crippen LogP contribution in [0.15, 0.2) is 58.8 Å². The van der Waals surface area contributed by atoms with Crippen LogP contribution in [0.25, 0.3) is 0 Å². The minimum atomic E-state index is -0.598. The molecule has 1 N–H and O–H groups in total. The van der Waals surface area contributed by atoms with E-state index in [4.69, 9.17) is 5.11 Å². The summed E-state index contributed by atoms with van der Waals surface area (Å²) in [4.78, 5) is 0. The van der Waals surface area contributed by atoms with Crippen LogP contribution in [0, 0.1) is 5.82 Å². The molecular weight excluding hydrogens is 207 g/mol. The number of benzene rings is 2. The van der Waals surface area contributed by atoms with Gasteiger partial charge in [-0.05, 0) is 24.3 Å². The number of halogens is 1. The molecule has 2 rings (SSSR count). The first-order valence-corrected chi connectivity index (χ1v) is 4.71. The van der Waals surface area contributed by atoms with Crippen molar-refractivity contribution in [3.05, 3.63) is 54.3 Å². The molecule has 4 heteroatoms. The summed E-state index contributed by atoms with van der Waals surface area (Å²) in [5, 5.41) is 16.6. The minimum Gasteiger partial charge on any atom is -0.508 e. The third-order valence-corrected chi connectivity index (χ3v) is 1.96. The smallest absolute Gasteiger partial charge is 0.154 e. The van der Waals surface area contributed by atoms with Crippen LogP contribution in [0.5, 0.6) is 5.75 Å². The van der Waals surface area contributed by atoms with E-state index in [-0.39, 0.29) is 11.4 Å². The predicted molar refractivity (Wildman–Crippen MR) is 58.7 cm³/mol. The molecule has 0 aliphatic carbocycles. The fourth-order valence-electron chi connectivity index (χ4n) is 1.18. The number of rotatable bonds is 2. The molecule has 0 aliphatic heterocycles. The summed E-state index contributed by atoms with van der Waals surface area (Å²) in [6.45, 7) is 0. The number of hydrogen-bond acceptors (Lipinski definition) is 3. The molecule has 0 heterocycles. The van der Waals surface area contributed by atoms with Crippen LogP contribution in [-0.2, 0) is 0 Å². The molecule has 0 atom stereocenters. The van der Waals surface area contributed by atoms with Crippen LogP contribution < -0.4 is 0 Å². The lowest BCUT2D eigenvalue weighted by atomic mass is 10.3. The highest BCUT2D eigenvalue weighted by Gasteiger charge is 2.01. The van der Waals surface area contributed by atoms with E-state index in [9.17, 15) is 4.39 Å². The molecule has 0 spiro atoms. The van der Waals surface area contributed by atoms with Crippen LogP contribution in [0.3, 0.4) is 0 Å². The van der Waals surface area contributed by atoms with E-state index < -0.39 is 5.82 Å². The predicted octanol–water partition coefficient (Wildman–Crippen LogP) is 3.95. The van der Waals surface area contributed by atoms with Crippen molar-refractivity contribution in [3.8, 4) is 5.75 Å². The van der Waals surface area contributed by atoms with Crippen molar-refractivity contribution >= 4 is 11.4 Å². The summed E-state index contributed by atoms with van der Waals surface area (Å²) in [5.41, 5.74) is 0.747. The molecule has 16 heavy (non-hydrogen) atoms. The summed E-state index contributed by atoms with van der Waals surface area (Å²) in [5.74, 6) is -0.726. The van der Waals surface area contributed by atoms with Crippen LogP contribution in [0.2, 0.25) is 0 Å². The maximum Gasteiger partial charge on any atom is 0.154 e. The summed E-state index contributed by atoms with van der Waals surface area (Å²) >= 11 is 0. The number of nitrogens with zero attached hydrogens (tertiary/aromatic N) is 2. The van der Waals surface area contributed by atoms with Crippen molar-refractivity contribution in [1.29, 1.82) is 0 Å². The first kappa shape index (κ1) is 10.3. The molecule has 0 amide bonds. The van der Waals surface area contributed by atoms with Gasteiger partial charge >= 0.3 is 0 Å². The monoisotopic (exact) mass is 216 g/mol. The fraction of sp³-hybridized carbons (Fsp3) is 0. The molecule has 2 aromatic rings. The fourth-order valence-corrected chi connectivity index (χ4v) is 1.18. The van der Waals surface area contributed by atoms with Gasteiger partial charge in [0.05, 0.1) is 5.69 Å². The highest BCUT2D eigenvalue weighted by atomic mass is 19.1. The summed E-state index contributed by atoms with van der Waals surface area (Å²) < 4.78 is 13.2. The normalized spacial score (nSPS) is 10.8. The van der Waals surface area contributed by atoms with Crippen LogP contribution in [0.1, 0.15) is 0 Å². The van der Waals surface area contributed by atoms with Gasteiger partial charge in [0.1, 0.15) is 11.4 Å². The average molecular weight is 216 g/mol. The van der Waals surface area contributed by atoms with E-state index in [2.05, 4.69) is 10.2 Å². The van der Waals surface area contributed by atoms with E-state index in [1.165, 1.54) is 12.1 Å². The van der Waals surface area contributed by atoms with Gasteiger partial charge in [0.25, 0.3) is 0 Å². The zero-order chi connectivity index (χ0) is 11.4. The van der Waals surface area contributed by atoms with E-state index >= 15 is 0 Å². The van der Waals surface area contributed by atoms with Crippen molar-refractivity contribution in [1.82, 2.24) is 0 Å². The Morgan fingerprint density at radius 2 is 1.69 bits per heavy atom. The molecule has 0 unspecified atom stereocenters. The maximum atomic E-state index is 13.2. The molecular formula is C12H9FN2O. The first-order chi connectivity index (χ1) is 7.75. The van der Waals surface area contributed by atoms with Gasteiger partial charge in [0.15, 0.2) is 5.82 Å². The van der Waals surface area contributed by atoms with E-state index in [0.29, 0.717) is 5.69 Å². The highest BCUT2D eigenvalue weighted by Crippen LogP contribution is 2.24. The lowest BCUT2D eigenvalue weighted by molar-refractivity contribution is 0.469. The number of phenols is 1. The van der Waals surface area contributed by atoms with Gasteiger partial charge in [-0.25, -0.2) is 4.39 Å². The van der Waals surface area contributed by atoms with Crippen molar-refractivity contribution in [3.63, 3.8) is 0 Å². The van der Waals surface area contributed by atoms with E-state index in [1.54, 1.807) is 12.1 Å². The molecule has 80 valence electrons. The third-order valence-electron chi connectivity index (χ3n) is 1.96. The maximum absolute atomic E-state index is 13.2. The van der Waals surface area contributed by atoms with Crippen LogP contribution in [-0.4, -0.2) is 5.11 Å². The van der Waals surface area contributed by atoms with Crippen molar-refractivity contribution in [2.24, 2.45) is 10.2 Å². The van der Waals surface area contributed by atoms with Gasteiger partial charge in [-0.2, -0.15) is 5.11 Å². The quantitative estimate of drug-likeness (QED) is 0.759. The molecule has 2 aromatic carbocycles. The number of hydrogen-bond donors (Lipinski definition) is 1. The minimum absolute atomic E-state index is 0.0988. The van der Waals surface area contributed by atoms with Gasteiger partial charge in [-0.3, -0.25) is 0 Å². The van der Waals surface area contributed by atoms with E-state index in [0.717, 1.165) is 6.07 Å². The van der Waals surface area contributed by atoms with Gasteiger partial charge in [0, 0.05) is 6.07 Å². The molecule has 0 saturated carbocycles. The Morgan fingerprint density at radius 3 is 2.38 bits per heavy atom. The van der Waals surface area contributed by atoms with Crippen molar-refractivity contribution < 1.29 is 9.50 Å². The van der Waals surface area contributed by atoms with Gasteiger partial charge in [-0.1, -0.05) is 18.2 Å². The SMILES string of the molecule is Oc1ccc(/N=N/c2ccccc2)c(F)c1. The standard InChI is InChI=1S/C12H9FN2O/c13-11-8-10(16)6-7-12(11)15-14-9-4-2-1-3-5-9/h1-8,16H/b15-14+. The Morgan fingerprint density at radius 1 is 0.938 bits per heavy atom. The highest BCUT2D eigenvalue weighted by molar-refractivity contribution is 5.43. The molecule has 0 aromatic heterocycles. The number of phenolic OH excluding ortho intramolecular Hbond substituents is 1. The Kier molecular flexibility index (Phi) is 2.91. The zero-order valence-electron chi connectivity index (χ0n) is 8.34. The first-order valence-electron chi connectivity index (χ1n) is 4.71. The van der Waals surface area contributed by atoms with Gasteiger partial charge in [-0.15, -0.1) is 5.11 Å². The average Bonchev–Trinajstić information content (AvgIpc) is 2.29. The molecule has 0 fully saturated rings. The second kappa shape index (κ2) is 4.53. The zero-order valence-corrected chi connectivity index (χ0v) is 8.34. The molecule has 0 radical (unpaired) electrons. The molecule has 3 nitrogen and oxygen atoms in total. The summed E-state index contributed by atoms with van der Waals surface area (Å²) in [6, 6.07) is 12.8. The topological polar surface area (TPSA) is 45.0 Å². The molecule has 0 bridgehead atoms. The van der Waals surface area contributed by atoms with E-state index in [1.807, 2.05) is 18.2 Å². The summed E-state index contributed by atoms with van der Waals surface area (Å²) in [7, 11) is 0. The van der Waals surface area contributed by atoms with Gasteiger partial charge in [0.2, 0.25) is 0 Å². The van der Waals surface area contributed by atoms with Crippen molar-refractivity contribution in [2.75, 3.05) is 0 Å². The van der Waals surface area contributed by atoms with Crippen molar-refractivity contribution in [2.45, 2.75) is 0 Å². The lowest BCUT2D eigenvalue weighted by Gasteiger charge is -1.96. The second-order valence-corrected chi connectivity index (χ2v) is 3.17. The third kappa shape index (κ3) is 2.42.